The van der Waals surface area contributed by atoms with Crippen molar-refractivity contribution in [3.05, 3.63) is 54.1 Å². The maximum Gasteiger partial charge on any atom is 0.244 e. The lowest BCUT2D eigenvalue weighted by Crippen LogP contribution is -2.56. The second kappa shape index (κ2) is 6.72. The molecule has 0 atom stereocenters. The van der Waals surface area contributed by atoms with Gasteiger partial charge in [-0.25, -0.2) is 16.8 Å². The molecule has 0 radical (unpaired) electrons. The summed E-state index contributed by atoms with van der Waals surface area (Å²) in [5.74, 6) is 0.537. The number of ether oxygens (including phenoxy) is 1. The topological polar surface area (TPSA) is 105 Å². The normalized spacial score (nSPS) is 15.8. The van der Waals surface area contributed by atoms with Crippen LogP contribution in [0.2, 0.25) is 0 Å². The first-order valence-electron chi connectivity index (χ1n) is 7.68. The maximum absolute atomic E-state index is 12.7. The van der Waals surface area contributed by atoms with Crippen LogP contribution in [0.25, 0.3) is 0 Å². The Bertz CT molecular complexity index is 1060. The number of methoxy groups -OCH3 is 1. The minimum Gasteiger partial charge on any atom is -0.497 e. The molecule has 1 heterocycles. The summed E-state index contributed by atoms with van der Waals surface area (Å²) < 4.78 is 56.6. The zero-order chi connectivity index (χ0) is 18.9. The van der Waals surface area contributed by atoms with E-state index in [1.165, 1.54) is 37.4 Å². The average Bonchev–Trinajstić information content (AvgIpc) is 2.60. The van der Waals surface area contributed by atoms with E-state index in [0.717, 1.165) is 4.31 Å². The Balaban J connectivity index is 1.80. The second-order valence-electron chi connectivity index (χ2n) is 5.77. The zero-order valence-corrected chi connectivity index (χ0v) is 15.5. The van der Waals surface area contributed by atoms with Crippen LogP contribution in [-0.2, 0) is 19.9 Å². The Hall–Kier alpha value is -2.41. The van der Waals surface area contributed by atoms with Gasteiger partial charge in [-0.1, -0.05) is 12.1 Å². The first-order chi connectivity index (χ1) is 12.3. The molecule has 1 fully saturated rings. The van der Waals surface area contributed by atoms with Crippen LogP contribution in [0.5, 0.6) is 5.75 Å². The van der Waals surface area contributed by atoms with E-state index in [2.05, 4.69) is 0 Å². The van der Waals surface area contributed by atoms with Crippen molar-refractivity contribution in [2.75, 3.05) is 20.2 Å². The fourth-order valence-corrected chi connectivity index (χ4v) is 6.19. The number of hydrogen-bond acceptors (Lipinski definition) is 6. The van der Waals surface area contributed by atoms with E-state index in [4.69, 9.17) is 10.00 Å². The molecule has 0 spiro atoms. The molecule has 3 rings (SSSR count). The van der Waals surface area contributed by atoms with E-state index in [0.29, 0.717) is 5.75 Å². The summed E-state index contributed by atoms with van der Waals surface area (Å²) >= 11 is 0. The fourth-order valence-electron chi connectivity index (χ4n) is 2.67. The van der Waals surface area contributed by atoms with Gasteiger partial charge >= 0.3 is 0 Å². The van der Waals surface area contributed by atoms with Crippen LogP contribution in [0.15, 0.2) is 58.3 Å². The SMILES string of the molecule is COc1ccc(S(=O)(=O)C2CN(S(=O)(=O)c3ccccc3C#N)C2)cc1. The molecule has 1 aliphatic heterocycles. The molecule has 2 aromatic rings. The Morgan fingerprint density at radius 2 is 1.65 bits per heavy atom. The lowest BCUT2D eigenvalue weighted by Gasteiger charge is -2.37. The van der Waals surface area contributed by atoms with Gasteiger partial charge in [-0.3, -0.25) is 0 Å². The number of nitriles is 1. The van der Waals surface area contributed by atoms with Gasteiger partial charge in [-0.2, -0.15) is 9.57 Å². The molecule has 26 heavy (non-hydrogen) atoms. The fraction of sp³-hybridized carbons (Fsp3) is 0.235. The number of nitrogens with zero attached hydrogens (tertiary/aromatic N) is 2. The highest BCUT2D eigenvalue weighted by molar-refractivity contribution is 7.92. The number of rotatable bonds is 5. The van der Waals surface area contributed by atoms with Gasteiger partial charge in [-0.15, -0.1) is 0 Å². The average molecular weight is 392 g/mol. The number of sulfonamides is 1. The highest BCUT2D eigenvalue weighted by Gasteiger charge is 2.44. The van der Waals surface area contributed by atoms with E-state index in [9.17, 15) is 16.8 Å². The molecular weight excluding hydrogens is 376 g/mol. The van der Waals surface area contributed by atoms with Crippen molar-refractivity contribution >= 4 is 19.9 Å². The van der Waals surface area contributed by atoms with Crippen LogP contribution in [-0.4, -0.2) is 46.6 Å². The van der Waals surface area contributed by atoms with Gasteiger partial charge in [0.25, 0.3) is 0 Å². The summed E-state index contributed by atoms with van der Waals surface area (Å²) in [6.07, 6.45) is 0. The predicted molar refractivity (Wildman–Crippen MR) is 93.9 cm³/mol. The highest BCUT2D eigenvalue weighted by Crippen LogP contribution is 2.30. The first-order valence-corrected chi connectivity index (χ1v) is 10.7. The summed E-state index contributed by atoms with van der Waals surface area (Å²) in [6.45, 7) is -0.285. The zero-order valence-electron chi connectivity index (χ0n) is 13.9. The van der Waals surface area contributed by atoms with Gasteiger partial charge in [-0.05, 0) is 36.4 Å². The molecule has 0 bridgehead atoms. The third-order valence-corrected chi connectivity index (χ3v) is 8.26. The van der Waals surface area contributed by atoms with Gasteiger partial charge < -0.3 is 4.74 Å². The third kappa shape index (κ3) is 3.07. The third-order valence-electron chi connectivity index (χ3n) is 4.27. The van der Waals surface area contributed by atoms with Crippen molar-refractivity contribution in [1.82, 2.24) is 4.31 Å². The van der Waals surface area contributed by atoms with Crippen LogP contribution >= 0.6 is 0 Å². The van der Waals surface area contributed by atoms with E-state index in [1.807, 2.05) is 6.07 Å². The van der Waals surface area contributed by atoms with Crippen LogP contribution in [0, 0.1) is 11.3 Å². The van der Waals surface area contributed by atoms with Gasteiger partial charge in [0.1, 0.15) is 11.8 Å². The smallest absolute Gasteiger partial charge is 0.244 e. The molecule has 2 aromatic carbocycles. The van der Waals surface area contributed by atoms with Crippen LogP contribution < -0.4 is 4.74 Å². The van der Waals surface area contributed by atoms with E-state index in [1.54, 1.807) is 18.2 Å². The van der Waals surface area contributed by atoms with Crippen LogP contribution in [0.1, 0.15) is 5.56 Å². The van der Waals surface area contributed by atoms with Crippen LogP contribution in [0.3, 0.4) is 0 Å². The molecule has 9 heteroatoms. The standard InChI is InChI=1S/C17H16N2O5S2/c1-24-14-6-8-15(9-7-14)25(20,21)16-11-19(12-16)26(22,23)17-5-3-2-4-13(17)10-18/h2-9,16H,11-12H2,1H3. The Morgan fingerprint density at radius 1 is 1.04 bits per heavy atom. The predicted octanol–water partition coefficient (Wildman–Crippen LogP) is 1.41. The first kappa shape index (κ1) is 18.4. The summed E-state index contributed by atoms with van der Waals surface area (Å²) in [6, 6.07) is 13.7. The van der Waals surface area contributed by atoms with E-state index >= 15 is 0 Å². The van der Waals surface area contributed by atoms with Gasteiger partial charge in [0.15, 0.2) is 9.84 Å². The number of hydrogen-bond donors (Lipinski definition) is 0. The lowest BCUT2D eigenvalue weighted by atomic mass is 10.2. The molecule has 1 aliphatic rings. The van der Waals surface area contributed by atoms with Gasteiger partial charge in [0.2, 0.25) is 10.0 Å². The van der Waals surface area contributed by atoms with Crippen molar-refractivity contribution in [1.29, 1.82) is 5.26 Å². The van der Waals surface area contributed by atoms with Crippen molar-refractivity contribution in [3.8, 4) is 11.8 Å². The summed E-state index contributed by atoms with van der Waals surface area (Å²) in [7, 11) is -6.07. The summed E-state index contributed by atoms with van der Waals surface area (Å²) in [5, 5.41) is 8.27. The minimum atomic E-state index is -3.90. The summed E-state index contributed by atoms with van der Waals surface area (Å²) in [5.41, 5.74) is 0.0361. The van der Waals surface area contributed by atoms with Crippen molar-refractivity contribution in [2.24, 2.45) is 0 Å². The number of benzene rings is 2. The molecule has 0 amide bonds. The quantitative estimate of drug-likeness (QED) is 0.762. The molecule has 0 aromatic heterocycles. The Morgan fingerprint density at radius 3 is 2.23 bits per heavy atom. The van der Waals surface area contributed by atoms with Crippen molar-refractivity contribution in [3.63, 3.8) is 0 Å². The number of sulfone groups is 1. The van der Waals surface area contributed by atoms with E-state index < -0.39 is 25.1 Å². The van der Waals surface area contributed by atoms with Crippen molar-refractivity contribution < 1.29 is 21.6 Å². The second-order valence-corrected chi connectivity index (χ2v) is 9.91. The summed E-state index contributed by atoms with van der Waals surface area (Å²) in [4.78, 5) is 0.0144. The molecule has 7 nitrogen and oxygen atoms in total. The highest BCUT2D eigenvalue weighted by atomic mass is 32.2. The monoisotopic (exact) mass is 392 g/mol. The molecule has 0 saturated carbocycles. The van der Waals surface area contributed by atoms with Crippen molar-refractivity contribution in [2.45, 2.75) is 15.0 Å². The van der Waals surface area contributed by atoms with Gasteiger partial charge in [0, 0.05) is 13.1 Å². The molecule has 0 aliphatic carbocycles. The lowest BCUT2D eigenvalue weighted by molar-refractivity contribution is 0.309. The van der Waals surface area contributed by atoms with Gasteiger partial charge in [0.05, 0.1) is 27.7 Å². The molecular formula is C17H16N2O5S2. The molecule has 1 saturated heterocycles. The van der Waals surface area contributed by atoms with Crippen LogP contribution in [0.4, 0.5) is 0 Å². The maximum atomic E-state index is 12.7. The minimum absolute atomic E-state index is 0.0361. The Labute approximate surface area is 152 Å². The Kier molecular flexibility index (Phi) is 4.75. The molecule has 0 N–H and O–H groups in total. The largest absolute Gasteiger partial charge is 0.497 e. The molecule has 136 valence electrons. The van der Waals surface area contributed by atoms with E-state index in [-0.39, 0.29) is 28.4 Å². The molecule has 0 unspecified atom stereocenters.